The van der Waals surface area contributed by atoms with Gasteiger partial charge in [-0.1, -0.05) is 6.07 Å². The fourth-order valence-corrected chi connectivity index (χ4v) is 3.84. The van der Waals surface area contributed by atoms with Crippen molar-refractivity contribution in [1.82, 2.24) is 9.88 Å². The monoisotopic (exact) mass is 472 g/mol. The van der Waals surface area contributed by atoms with Crippen LogP contribution in [0.25, 0.3) is 17.0 Å². The molecule has 34 heavy (non-hydrogen) atoms. The van der Waals surface area contributed by atoms with Crippen molar-refractivity contribution in [3.63, 3.8) is 0 Å². The molecule has 1 saturated heterocycles. The predicted molar refractivity (Wildman–Crippen MR) is 125 cm³/mol. The lowest BCUT2D eigenvalue weighted by atomic mass is 10.1. The Balaban J connectivity index is 1.47. The van der Waals surface area contributed by atoms with E-state index in [-0.39, 0.29) is 5.56 Å². The first-order valence-electron chi connectivity index (χ1n) is 10.8. The summed E-state index contributed by atoms with van der Waals surface area (Å²) in [6, 6.07) is 9.58. The number of piperazine rings is 1. The third-order valence-corrected chi connectivity index (χ3v) is 5.84. The van der Waals surface area contributed by atoms with Gasteiger partial charge in [-0.05, 0) is 62.0 Å². The van der Waals surface area contributed by atoms with Crippen LogP contribution in [-0.4, -0.2) is 49.0 Å². The molecule has 1 fully saturated rings. The van der Waals surface area contributed by atoms with Crippen LogP contribution in [-0.2, 0) is 11.0 Å². The summed E-state index contributed by atoms with van der Waals surface area (Å²) < 4.78 is 52.0. The highest BCUT2D eigenvalue weighted by atomic mass is 19.4. The topological polar surface area (TPSA) is 48.5 Å². The number of hydrogen-bond acceptors (Lipinski definition) is 4. The largest absolute Gasteiger partial charge is 0.416 e. The van der Waals surface area contributed by atoms with Crippen LogP contribution >= 0.6 is 0 Å². The molecule has 0 atom stereocenters. The third-order valence-electron chi connectivity index (χ3n) is 5.84. The normalized spacial score (nSPS) is 15.3. The van der Waals surface area contributed by atoms with Crippen LogP contribution in [0.5, 0.6) is 0 Å². The molecule has 2 aromatic carbocycles. The molecule has 4 rings (SSSR count). The number of benzene rings is 2. The summed E-state index contributed by atoms with van der Waals surface area (Å²) in [5, 5.41) is 3.59. The number of hydrogen-bond donors (Lipinski definition) is 1. The van der Waals surface area contributed by atoms with Gasteiger partial charge in [0.2, 0.25) is 5.91 Å². The number of likely N-dealkylation sites (N-methyl/N-ethyl adjacent to an activating group) is 1. The second-order valence-electron chi connectivity index (χ2n) is 8.38. The Hall–Kier alpha value is -3.46. The van der Waals surface area contributed by atoms with E-state index < -0.39 is 23.5 Å². The summed E-state index contributed by atoms with van der Waals surface area (Å²) in [6.07, 6.45) is -2.41. The minimum Gasteiger partial charge on any atom is -0.354 e. The number of halogens is 4. The van der Waals surface area contributed by atoms with Gasteiger partial charge in [0, 0.05) is 48.9 Å². The number of aryl methyl sites for hydroxylation is 1. The van der Waals surface area contributed by atoms with Crippen molar-refractivity contribution in [3.8, 4) is 0 Å². The molecule has 2 heterocycles. The lowest BCUT2D eigenvalue weighted by molar-refractivity contribution is -0.137. The quantitative estimate of drug-likeness (QED) is 0.424. The molecule has 0 aliphatic carbocycles. The van der Waals surface area contributed by atoms with Crippen molar-refractivity contribution in [2.24, 2.45) is 0 Å². The molecule has 0 spiro atoms. The zero-order valence-corrected chi connectivity index (χ0v) is 18.8. The lowest BCUT2D eigenvalue weighted by Crippen LogP contribution is -2.44. The summed E-state index contributed by atoms with van der Waals surface area (Å²) >= 11 is 0. The van der Waals surface area contributed by atoms with Gasteiger partial charge in [-0.25, -0.2) is 9.37 Å². The number of anilines is 2. The van der Waals surface area contributed by atoms with Gasteiger partial charge in [-0.15, -0.1) is 0 Å². The van der Waals surface area contributed by atoms with Gasteiger partial charge in [-0.3, -0.25) is 4.79 Å². The first-order chi connectivity index (χ1) is 16.1. The summed E-state index contributed by atoms with van der Waals surface area (Å²) in [5.41, 5.74) is 1.18. The molecule has 178 valence electrons. The van der Waals surface area contributed by atoms with Crippen LogP contribution < -0.4 is 10.2 Å². The minimum atomic E-state index is -4.63. The van der Waals surface area contributed by atoms with E-state index >= 15 is 0 Å². The molecule has 0 bridgehead atoms. The Kier molecular flexibility index (Phi) is 6.56. The first kappa shape index (κ1) is 23.7. The third kappa shape index (κ3) is 5.36. The van der Waals surface area contributed by atoms with Crippen LogP contribution in [0.4, 0.5) is 29.1 Å². The predicted octanol–water partition coefficient (Wildman–Crippen LogP) is 5.10. The van der Waals surface area contributed by atoms with Gasteiger partial charge in [0.15, 0.2) is 0 Å². The Bertz CT molecular complexity index is 1250. The summed E-state index contributed by atoms with van der Waals surface area (Å²) in [4.78, 5) is 21.6. The number of pyridine rings is 1. The van der Waals surface area contributed by atoms with Crippen molar-refractivity contribution in [2.75, 3.05) is 43.4 Å². The number of carbonyl (C=O) groups excluding carboxylic acids is 1. The SMILES string of the molecule is Cc1cc(N2CCN(C)CC2)nc2ccc(NC(=O)/C=C/c3ccc(C(F)(F)F)cc3F)cc12. The number of carbonyl (C=O) groups is 1. The van der Waals surface area contributed by atoms with Gasteiger partial charge < -0.3 is 15.1 Å². The Labute approximate surface area is 194 Å². The van der Waals surface area contributed by atoms with Gasteiger partial charge in [0.25, 0.3) is 0 Å². The van der Waals surface area contributed by atoms with E-state index in [9.17, 15) is 22.4 Å². The number of aromatic nitrogens is 1. The Morgan fingerprint density at radius 1 is 1.06 bits per heavy atom. The van der Waals surface area contributed by atoms with Crippen LogP contribution in [0.1, 0.15) is 16.7 Å². The fraction of sp³-hybridized carbons (Fsp3) is 0.280. The number of nitrogens with one attached hydrogen (secondary N) is 1. The van der Waals surface area contributed by atoms with Crippen LogP contribution in [0.3, 0.4) is 0 Å². The van der Waals surface area contributed by atoms with Gasteiger partial charge >= 0.3 is 6.18 Å². The molecule has 1 aliphatic rings. The zero-order valence-electron chi connectivity index (χ0n) is 18.8. The van der Waals surface area contributed by atoms with Crippen LogP contribution in [0, 0.1) is 12.7 Å². The number of alkyl halides is 3. The molecule has 1 N–H and O–H groups in total. The maximum absolute atomic E-state index is 14.0. The molecule has 0 radical (unpaired) electrons. The highest BCUT2D eigenvalue weighted by molar-refractivity contribution is 6.03. The van der Waals surface area contributed by atoms with Crippen molar-refractivity contribution >= 4 is 34.4 Å². The second-order valence-corrected chi connectivity index (χ2v) is 8.38. The molecular weight excluding hydrogens is 448 g/mol. The highest BCUT2D eigenvalue weighted by Crippen LogP contribution is 2.30. The van der Waals surface area contributed by atoms with E-state index in [1.165, 1.54) is 0 Å². The number of rotatable bonds is 4. The second kappa shape index (κ2) is 9.42. The Morgan fingerprint density at radius 3 is 2.47 bits per heavy atom. The van der Waals surface area contributed by atoms with E-state index in [2.05, 4.69) is 22.2 Å². The zero-order chi connectivity index (χ0) is 24.5. The van der Waals surface area contributed by atoms with Crippen LogP contribution in [0.15, 0.2) is 48.5 Å². The number of nitrogens with zero attached hydrogens (tertiary/aromatic N) is 3. The summed E-state index contributed by atoms with van der Waals surface area (Å²) in [6.45, 7) is 5.77. The summed E-state index contributed by atoms with van der Waals surface area (Å²) in [7, 11) is 2.10. The molecular formula is C25H24F4N4O. The van der Waals surface area contributed by atoms with Crippen molar-refractivity contribution < 1.29 is 22.4 Å². The van der Waals surface area contributed by atoms with Gasteiger partial charge in [-0.2, -0.15) is 13.2 Å². The number of amides is 1. The van der Waals surface area contributed by atoms with Crippen molar-refractivity contribution in [3.05, 3.63) is 71.0 Å². The molecule has 0 unspecified atom stereocenters. The molecule has 1 aromatic heterocycles. The molecule has 0 saturated carbocycles. The molecule has 5 nitrogen and oxygen atoms in total. The van der Waals surface area contributed by atoms with Gasteiger partial charge in [0.1, 0.15) is 11.6 Å². The average Bonchev–Trinajstić information content (AvgIpc) is 2.78. The molecule has 9 heteroatoms. The standard InChI is InChI=1S/C25H24F4N4O/c1-16-13-23(33-11-9-32(2)10-12-33)31-22-7-6-19(15-20(16)22)30-24(34)8-4-17-3-5-18(14-21(17)26)25(27,28)29/h3-8,13-15H,9-12H2,1-2H3,(H,30,34)/b8-4+. The van der Waals surface area contributed by atoms with E-state index in [1.807, 2.05) is 25.1 Å². The lowest BCUT2D eigenvalue weighted by Gasteiger charge is -2.33. The van der Waals surface area contributed by atoms with E-state index in [1.54, 1.807) is 6.07 Å². The summed E-state index contributed by atoms with van der Waals surface area (Å²) in [5.74, 6) is -0.655. The average molecular weight is 472 g/mol. The van der Waals surface area contributed by atoms with E-state index in [0.717, 1.165) is 72.7 Å². The maximum atomic E-state index is 14.0. The Morgan fingerprint density at radius 2 is 1.79 bits per heavy atom. The molecule has 1 aliphatic heterocycles. The van der Waals surface area contributed by atoms with Crippen molar-refractivity contribution in [2.45, 2.75) is 13.1 Å². The number of fused-ring (bicyclic) bond motifs is 1. The maximum Gasteiger partial charge on any atom is 0.416 e. The first-order valence-corrected chi connectivity index (χ1v) is 10.8. The van der Waals surface area contributed by atoms with E-state index in [4.69, 9.17) is 4.98 Å². The minimum absolute atomic E-state index is 0.113. The van der Waals surface area contributed by atoms with E-state index in [0.29, 0.717) is 11.8 Å². The van der Waals surface area contributed by atoms with Crippen LogP contribution in [0.2, 0.25) is 0 Å². The van der Waals surface area contributed by atoms with Gasteiger partial charge in [0.05, 0.1) is 11.1 Å². The fourth-order valence-electron chi connectivity index (χ4n) is 3.84. The van der Waals surface area contributed by atoms with Crippen molar-refractivity contribution in [1.29, 1.82) is 0 Å². The molecule has 3 aromatic rings. The smallest absolute Gasteiger partial charge is 0.354 e. The molecule has 1 amide bonds. The highest BCUT2D eigenvalue weighted by Gasteiger charge is 2.31.